The summed E-state index contributed by atoms with van der Waals surface area (Å²) in [6.45, 7) is 0.555. The Hall–Kier alpha value is -1.30. The lowest BCUT2D eigenvalue weighted by molar-refractivity contribution is -0.271. The molecule has 7 atom stereocenters. The third-order valence-corrected chi connectivity index (χ3v) is 4.85. The summed E-state index contributed by atoms with van der Waals surface area (Å²) in [5.41, 5.74) is 3.80. The van der Waals surface area contributed by atoms with Crippen molar-refractivity contribution in [2.45, 2.75) is 55.4 Å². The van der Waals surface area contributed by atoms with Gasteiger partial charge in [0, 0.05) is 19.9 Å². The van der Waals surface area contributed by atoms with Crippen molar-refractivity contribution in [2.75, 3.05) is 20.3 Å². The minimum Gasteiger partial charge on any atom is -0.467 e. The van der Waals surface area contributed by atoms with Gasteiger partial charge in [0.2, 0.25) is 5.91 Å². The number of likely N-dealkylation sites (tertiary alicyclic amines) is 1. The van der Waals surface area contributed by atoms with Gasteiger partial charge in [-0.05, 0) is 0 Å². The Balaban J connectivity index is 2.54. The molecule has 2 rings (SSSR count). The molecule has 10 heteroatoms. The van der Waals surface area contributed by atoms with Crippen LogP contribution in [-0.2, 0) is 19.1 Å². The topological polar surface area (TPSA) is 163 Å². The van der Waals surface area contributed by atoms with Gasteiger partial charge in [-0.25, -0.2) is 4.79 Å². The van der Waals surface area contributed by atoms with Crippen LogP contribution < -0.4 is 5.73 Å². The molecule has 0 aromatic carbocycles. The molecule has 0 bridgehead atoms. The molecule has 0 saturated carbocycles. The van der Waals surface area contributed by atoms with Crippen molar-refractivity contribution in [1.82, 2.24) is 4.90 Å². The highest BCUT2D eigenvalue weighted by atomic mass is 16.6. The van der Waals surface area contributed by atoms with Gasteiger partial charge in [-0.1, -0.05) is 0 Å². The number of amides is 1. The quantitative estimate of drug-likeness (QED) is 0.323. The molecule has 0 aromatic heterocycles. The lowest BCUT2D eigenvalue weighted by Gasteiger charge is -2.49. The molecule has 1 amide bonds. The van der Waals surface area contributed by atoms with Crippen LogP contribution in [0.15, 0.2) is 0 Å². The highest BCUT2D eigenvalue weighted by Gasteiger charge is 2.66. The van der Waals surface area contributed by atoms with Crippen LogP contribution in [0, 0.1) is 0 Å². The minimum absolute atomic E-state index is 0.121. The zero-order valence-corrected chi connectivity index (χ0v) is 13.5. The molecule has 0 radical (unpaired) electrons. The molecule has 24 heavy (non-hydrogen) atoms. The van der Waals surface area contributed by atoms with Gasteiger partial charge in [-0.3, -0.25) is 4.79 Å². The summed E-state index contributed by atoms with van der Waals surface area (Å²) in [5, 5.41) is 40.3. The summed E-state index contributed by atoms with van der Waals surface area (Å²) in [5.74, 6) is -1.39. The summed E-state index contributed by atoms with van der Waals surface area (Å²) >= 11 is 0. The van der Waals surface area contributed by atoms with Gasteiger partial charge < -0.3 is 40.5 Å². The number of nitrogens with two attached hydrogens (primary N) is 1. The average molecular weight is 348 g/mol. The standard InChI is InChI=1S/C14H24N2O8/c1-6(18)16-7(5-17)3-14(11(16)13(22)23-2)12(21)10(20)9(19)8(4-15)24-14/h7-12,17,19-21H,3-5,15H2,1-2H3/t7-,8-,9-,10+,11-,12?,14+/m1/s1. The van der Waals surface area contributed by atoms with Gasteiger partial charge in [-0.2, -0.15) is 0 Å². The molecule has 2 aliphatic rings. The molecule has 138 valence electrons. The van der Waals surface area contributed by atoms with Gasteiger partial charge in [0.1, 0.15) is 23.9 Å². The van der Waals surface area contributed by atoms with Crippen LogP contribution in [0.3, 0.4) is 0 Å². The second kappa shape index (κ2) is 6.90. The molecule has 0 aliphatic carbocycles. The molecule has 6 N–H and O–H groups in total. The zero-order valence-electron chi connectivity index (χ0n) is 13.5. The SMILES string of the molecule is COC(=O)[C@H]1N(C(C)=O)[C@@H](CO)C[C@]12O[C@H](CN)[C@@H](O)[C@H](O)C2O. The Morgan fingerprint density at radius 1 is 1.33 bits per heavy atom. The number of carbonyl (C=O) groups excluding carboxylic acids is 2. The Morgan fingerprint density at radius 3 is 2.42 bits per heavy atom. The first-order valence-corrected chi connectivity index (χ1v) is 7.64. The second-order valence-electron chi connectivity index (χ2n) is 6.17. The first-order valence-electron chi connectivity index (χ1n) is 7.64. The van der Waals surface area contributed by atoms with Crippen LogP contribution in [0.2, 0.25) is 0 Å². The number of ether oxygens (including phenoxy) is 2. The molecular weight excluding hydrogens is 324 g/mol. The van der Waals surface area contributed by atoms with Crippen molar-refractivity contribution < 1.29 is 39.5 Å². The number of rotatable bonds is 3. The molecule has 2 aliphatic heterocycles. The van der Waals surface area contributed by atoms with Crippen LogP contribution in [-0.4, -0.2) is 99.6 Å². The molecule has 0 aromatic rings. The van der Waals surface area contributed by atoms with Crippen LogP contribution in [0.4, 0.5) is 0 Å². The van der Waals surface area contributed by atoms with Crippen LogP contribution in [0.25, 0.3) is 0 Å². The maximum Gasteiger partial charge on any atom is 0.331 e. The van der Waals surface area contributed by atoms with E-state index in [1.807, 2.05) is 0 Å². The lowest BCUT2D eigenvalue weighted by Crippen LogP contribution is -2.70. The van der Waals surface area contributed by atoms with E-state index in [0.717, 1.165) is 12.0 Å². The first-order chi connectivity index (χ1) is 11.2. The van der Waals surface area contributed by atoms with Crippen molar-refractivity contribution in [3.63, 3.8) is 0 Å². The van der Waals surface area contributed by atoms with Gasteiger partial charge in [0.05, 0.1) is 25.9 Å². The van der Waals surface area contributed by atoms with E-state index in [9.17, 15) is 30.0 Å². The van der Waals surface area contributed by atoms with Crippen molar-refractivity contribution in [3.05, 3.63) is 0 Å². The third kappa shape index (κ3) is 2.68. The van der Waals surface area contributed by atoms with Gasteiger partial charge in [0.25, 0.3) is 0 Å². The largest absolute Gasteiger partial charge is 0.467 e. The van der Waals surface area contributed by atoms with E-state index in [4.69, 9.17) is 15.2 Å². The van der Waals surface area contributed by atoms with Crippen molar-refractivity contribution in [2.24, 2.45) is 5.73 Å². The normalized spacial score (nSPS) is 42.4. The maximum absolute atomic E-state index is 12.3. The highest BCUT2D eigenvalue weighted by molar-refractivity contribution is 5.86. The fourth-order valence-electron chi connectivity index (χ4n) is 3.74. The van der Waals surface area contributed by atoms with Gasteiger partial charge >= 0.3 is 5.97 Å². The number of esters is 1. The number of hydrogen-bond donors (Lipinski definition) is 5. The second-order valence-corrected chi connectivity index (χ2v) is 6.17. The summed E-state index contributed by atoms with van der Waals surface area (Å²) < 4.78 is 10.5. The Labute approximate surface area is 138 Å². The minimum atomic E-state index is -1.74. The molecule has 1 spiro atoms. The molecule has 2 fully saturated rings. The summed E-state index contributed by atoms with van der Waals surface area (Å²) in [6.07, 6.45) is -5.94. The molecule has 10 nitrogen and oxygen atoms in total. The summed E-state index contributed by atoms with van der Waals surface area (Å²) in [4.78, 5) is 25.4. The van der Waals surface area contributed by atoms with E-state index in [1.54, 1.807) is 0 Å². The van der Waals surface area contributed by atoms with Gasteiger partial charge in [-0.15, -0.1) is 0 Å². The number of methoxy groups -OCH3 is 1. The number of aliphatic hydroxyl groups excluding tert-OH is 4. The number of hydrogen-bond acceptors (Lipinski definition) is 9. The summed E-state index contributed by atoms with van der Waals surface area (Å²) in [7, 11) is 1.11. The smallest absolute Gasteiger partial charge is 0.331 e. The van der Waals surface area contributed by atoms with E-state index >= 15 is 0 Å². The third-order valence-electron chi connectivity index (χ3n) is 4.85. The molecule has 2 saturated heterocycles. The molecule has 2 heterocycles. The fourth-order valence-corrected chi connectivity index (χ4v) is 3.74. The molecule has 1 unspecified atom stereocenters. The Morgan fingerprint density at radius 2 is 1.96 bits per heavy atom. The highest BCUT2D eigenvalue weighted by Crippen LogP contribution is 2.45. The molecular formula is C14H24N2O8. The van der Waals surface area contributed by atoms with E-state index in [2.05, 4.69) is 0 Å². The Kier molecular flexibility index (Phi) is 5.47. The maximum atomic E-state index is 12.3. The zero-order chi connectivity index (χ0) is 18.2. The first kappa shape index (κ1) is 19.0. The van der Waals surface area contributed by atoms with Gasteiger partial charge in [0.15, 0.2) is 6.04 Å². The van der Waals surface area contributed by atoms with Crippen molar-refractivity contribution >= 4 is 11.9 Å². The Bertz CT molecular complexity index is 501. The van der Waals surface area contributed by atoms with Crippen LogP contribution >= 0.6 is 0 Å². The number of nitrogens with zero attached hydrogens (tertiary/aromatic N) is 1. The van der Waals surface area contributed by atoms with E-state index < -0.39 is 60.6 Å². The van der Waals surface area contributed by atoms with Crippen molar-refractivity contribution in [3.8, 4) is 0 Å². The van der Waals surface area contributed by atoms with Crippen molar-refractivity contribution in [1.29, 1.82) is 0 Å². The van der Waals surface area contributed by atoms with E-state index in [0.29, 0.717) is 0 Å². The summed E-state index contributed by atoms with van der Waals surface area (Å²) in [6, 6.07) is -2.20. The lowest BCUT2D eigenvalue weighted by atomic mass is 9.78. The number of aliphatic hydroxyl groups is 4. The van der Waals surface area contributed by atoms with Crippen LogP contribution in [0.5, 0.6) is 0 Å². The average Bonchev–Trinajstić information content (AvgIpc) is 2.91. The predicted molar refractivity (Wildman–Crippen MR) is 78.5 cm³/mol. The predicted octanol–water partition coefficient (Wildman–Crippen LogP) is -3.68. The number of carbonyl (C=O) groups is 2. The van der Waals surface area contributed by atoms with Crippen LogP contribution in [0.1, 0.15) is 13.3 Å². The monoisotopic (exact) mass is 348 g/mol. The van der Waals surface area contributed by atoms with E-state index in [-0.39, 0.29) is 13.0 Å². The fraction of sp³-hybridized carbons (Fsp3) is 0.857. The van der Waals surface area contributed by atoms with E-state index in [1.165, 1.54) is 6.92 Å².